The van der Waals surface area contributed by atoms with Crippen molar-refractivity contribution in [3.8, 4) is 0 Å². The standard InChI is InChI=1S/C15H23ClN4O2/c1-18-14(13(16)10-17-18)15(21)20-6-3-5-19(7-8-20)11-12-4-2-9-22-12/h10,12H,2-9,11H2,1H3. The molecule has 0 aromatic carbocycles. The zero-order valence-electron chi connectivity index (χ0n) is 13.0. The molecule has 0 saturated carbocycles. The van der Waals surface area contributed by atoms with Crippen molar-refractivity contribution in [3.63, 3.8) is 0 Å². The number of aryl methyl sites for hydroxylation is 1. The van der Waals surface area contributed by atoms with Crippen LogP contribution in [0.2, 0.25) is 5.02 Å². The molecule has 2 aliphatic heterocycles. The van der Waals surface area contributed by atoms with Crippen LogP contribution in [0.25, 0.3) is 0 Å². The lowest BCUT2D eigenvalue weighted by Crippen LogP contribution is -2.38. The van der Waals surface area contributed by atoms with E-state index in [0.717, 1.165) is 52.2 Å². The molecule has 1 unspecified atom stereocenters. The summed E-state index contributed by atoms with van der Waals surface area (Å²) in [5, 5.41) is 4.47. The molecule has 7 heteroatoms. The number of carbonyl (C=O) groups excluding carboxylic acids is 1. The average Bonchev–Trinajstić information content (AvgIpc) is 3.04. The van der Waals surface area contributed by atoms with Crippen LogP contribution in [0.15, 0.2) is 6.20 Å². The number of rotatable bonds is 3. The molecule has 0 spiro atoms. The van der Waals surface area contributed by atoms with Gasteiger partial charge < -0.3 is 9.64 Å². The minimum Gasteiger partial charge on any atom is -0.377 e. The molecule has 122 valence electrons. The number of aromatic nitrogens is 2. The smallest absolute Gasteiger partial charge is 0.273 e. The second-order valence-electron chi connectivity index (χ2n) is 6.05. The van der Waals surface area contributed by atoms with Crippen molar-refractivity contribution in [3.05, 3.63) is 16.9 Å². The van der Waals surface area contributed by atoms with Gasteiger partial charge in [0.25, 0.3) is 5.91 Å². The minimum atomic E-state index is -0.0241. The van der Waals surface area contributed by atoms with E-state index in [2.05, 4.69) is 10.00 Å². The molecule has 0 N–H and O–H groups in total. The summed E-state index contributed by atoms with van der Waals surface area (Å²) in [7, 11) is 1.75. The number of hydrogen-bond acceptors (Lipinski definition) is 4. The molecule has 22 heavy (non-hydrogen) atoms. The maximum Gasteiger partial charge on any atom is 0.273 e. The Bertz CT molecular complexity index is 508. The van der Waals surface area contributed by atoms with Crippen molar-refractivity contribution in [2.24, 2.45) is 7.05 Å². The van der Waals surface area contributed by atoms with Crippen LogP contribution in [0, 0.1) is 0 Å². The van der Waals surface area contributed by atoms with Crippen molar-refractivity contribution in [1.29, 1.82) is 0 Å². The van der Waals surface area contributed by atoms with Crippen LogP contribution < -0.4 is 0 Å². The molecule has 2 fully saturated rings. The van der Waals surface area contributed by atoms with Crippen LogP contribution >= 0.6 is 11.6 Å². The first kappa shape index (κ1) is 15.8. The lowest BCUT2D eigenvalue weighted by molar-refractivity contribution is 0.0699. The Balaban J connectivity index is 1.59. The molecule has 6 nitrogen and oxygen atoms in total. The summed E-state index contributed by atoms with van der Waals surface area (Å²) in [5.74, 6) is -0.0241. The highest BCUT2D eigenvalue weighted by atomic mass is 35.5. The number of ether oxygens (including phenoxy) is 1. The first-order valence-corrected chi connectivity index (χ1v) is 8.33. The predicted octanol–water partition coefficient (Wildman–Crippen LogP) is 1.40. The summed E-state index contributed by atoms with van der Waals surface area (Å²) in [6.45, 7) is 5.27. The van der Waals surface area contributed by atoms with Gasteiger partial charge >= 0.3 is 0 Å². The summed E-state index contributed by atoms with van der Waals surface area (Å²) in [5.41, 5.74) is 0.481. The van der Waals surface area contributed by atoms with Gasteiger partial charge in [0.2, 0.25) is 0 Å². The summed E-state index contributed by atoms with van der Waals surface area (Å²) in [6.07, 6.45) is 5.20. The van der Waals surface area contributed by atoms with Crippen molar-refractivity contribution in [2.75, 3.05) is 39.3 Å². The molecule has 0 bridgehead atoms. The number of amides is 1. The topological polar surface area (TPSA) is 50.6 Å². The molecule has 2 aliphatic rings. The van der Waals surface area contributed by atoms with Crippen molar-refractivity contribution < 1.29 is 9.53 Å². The molecule has 2 saturated heterocycles. The predicted molar refractivity (Wildman–Crippen MR) is 84.2 cm³/mol. The van der Waals surface area contributed by atoms with Crippen LogP contribution in [0.3, 0.4) is 0 Å². The van der Waals surface area contributed by atoms with Crippen LogP contribution in [0.4, 0.5) is 0 Å². The second-order valence-corrected chi connectivity index (χ2v) is 6.45. The van der Waals surface area contributed by atoms with E-state index in [1.165, 1.54) is 12.6 Å². The van der Waals surface area contributed by atoms with E-state index in [1.807, 2.05) is 4.90 Å². The Morgan fingerprint density at radius 3 is 2.91 bits per heavy atom. The van der Waals surface area contributed by atoms with E-state index in [1.54, 1.807) is 11.7 Å². The zero-order valence-corrected chi connectivity index (χ0v) is 13.8. The summed E-state index contributed by atoms with van der Waals surface area (Å²) < 4.78 is 7.27. The minimum absolute atomic E-state index is 0.0241. The first-order chi connectivity index (χ1) is 10.6. The third-order valence-electron chi connectivity index (χ3n) is 4.46. The number of halogens is 1. The molecule has 1 aromatic heterocycles. The van der Waals surface area contributed by atoms with E-state index < -0.39 is 0 Å². The van der Waals surface area contributed by atoms with Gasteiger partial charge in [0, 0.05) is 39.8 Å². The number of carbonyl (C=O) groups is 1. The molecule has 3 heterocycles. The van der Waals surface area contributed by atoms with Gasteiger partial charge in [-0.05, 0) is 25.8 Å². The van der Waals surface area contributed by atoms with Crippen LogP contribution in [-0.4, -0.2) is 70.9 Å². The van der Waals surface area contributed by atoms with Crippen molar-refractivity contribution >= 4 is 17.5 Å². The van der Waals surface area contributed by atoms with Gasteiger partial charge in [-0.1, -0.05) is 11.6 Å². The molecule has 0 radical (unpaired) electrons. The van der Waals surface area contributed by atoms with E-state index in [9.17, 15) is 4.79 Å². The van der Waals surface area contributed by atoms with Gasteiger partial charge in [-0.25, -0.2) is 0 Å². The fourth-order valence-corrected chi connectivity index (χ4v) is 3.48. The summed E-state index contributed by atoms with van der Waals surface area (Å²) in [6, 6.07) is 0. The van der Waals surface area contributed by atoms with Gasteiger partial charge in [-0.15, -0.1) is 0 Å². The average molecular weight is 327 g/mol. The quantitative estimate of drug-likeness (QED) is 0.842. The normalized spacial score (nSPS) is 23.7. The molecule has 3 rings (SSSR count). The molecule has 1 amide bonds. The van der Waals surface area contributed by atoms with E-state index in [0.29, 0.717) is 16.8 Å². The highest BCUT2D eigenvalue weighted by Crippen LogP contribution is 2.18. The SMILES string of the molecule is Cn1ncc(Cl)c1C(=O)N1CCCN(CC2CCCO2)CC1. The second kappa shape index (κ2) is 6.98. The Morgan fingerprint density at radius 2 is 2.23 bits per heavy atom. The van der Waals surface area contributed by atoms with Crippen molar-refractivity contribution in [2.45, 2.75) is 25.4 Å². The molecule has 1 atom stereocenters. The zero-order chi connectivity index (χ0) is 15.5. The number of nitrogens with zero attached hydrogens (tertiary/aromatic N) is 4. The van der Waals surface area contributed by atoms with Gasteiger partial charge in [0.1, 0.15) is 5.69 Å². The summed E-state index contributed by atoms with van der Waals surface area (Å²) >= 11 is 6.08. The lowest BCUT2D eigenvalue weighted by atomic mass is 10.2. The molecule has 0 aliphatic carbocycles. The fraction of sp³-hybridized carbons (Fsp3) is 0.733. The Hall–Kier alpha value is -1.11. The van der Waals surface area contributed by atoms with Crippen LogP contribution in [0.5, 0.6) is 0 Å². The molecular formula is C15H23ClN4O2. The third-order valence-corrected chi connectivity index (χ3v) is 4.73. The highest BCUT2D eigenvalue weighted by molar-refractivity contribution is 6.33. The third kappa shape index (κ3) is 3.45. The first-order valence-electron chi connectivity index (χ1n) is 7.96. The van der Waals surface area contributed by atoms with Crippen molar-refractivity contribution in [1.82, 2.24) is 19.6 Å². The Kier molecular flexibility index (Phi) is 5.00. The van der Waals surface area contributed by atoms with E-state index >= 15 is 0 Å². The largest absolute Gasteiger partial charge is 0.377 e. The van der Waals surface area contributed by atoms with Gasteiger partial charge in [-0.2, -0.15) is 5.10 Å². The van der Waals surface area contributed by atoms with E-state index in [-0.39, 0.29) is 5.91 Å². The molecular weight excluding hydrogens is 304 g/mol. The Labute approximate surface area is 136 Å². The Morgan fingerprint density at radius 1 is 1.36 bits per heavy atom. The highest BCUT2D eigenvalue weighted by Gasteiger charge is 2.26. The van der Waals surface area contributed by atoms with Crippen LogP contribution in [-0.2, 0) is 11.8 Å². The maximum absolute atomic E-state index is 12.6. The van der Waals surface area contributed by atoms with Gasteiger partial charge in [-0.3, -0.25) is 14.4 Å². The van der Waals surface area contributed by atoms with Gasteiger partial charge in [0.05, 0.1) is 17.3 Å². The van der Waals surface area contributed by atoms with Crippen LogP contribution in [0.1, 0.15) is 29.8 Å². The fourth-order valence-electron chi connectivity index (χ4n) is 3.23. The molecule has 1 aromatic rings. The lowest BCUT2D eigenvalue weighted by Gasteiger charge is -2.24. The van der Waals surface area contributed by atoms with Gasteiger partial charge in [0.15, 0.2) is 0 Å². The number of hydrogen-bond donors (Lipinski definition) is 0. The summed E-state index contributed by atoms with van der Waals surface area (Å²) in [4.78, 5) is 16.9. The maximum atomic E-state index is 12.6. The van der Waals surface area contributed by atoms with E-state index in [4.69, 9.17) is 16.3 Å². The monoisotopic (exact) mass is 326 g/mol.